The third-order valence-electron chi connectivity index (χ3n) is 3.65. The number of benzene rings is 1. The molecule has 1 N–H and O–H groups in total. The molecule has 1 aromatic heterocycles. The summed E-state index contributed by atoms with van der Waals surface area (Å²) in [6, 6.07) is 6.13. The Kier molecular flexibility index (Phi) is 3.69. The first-order chi connectivity index (χ1) is 9.78. The lowest BCUT2D eigenvalue weighted by atomic mass is 10.1. The van der Waals surface area contributed by atoms with Gasteiger partial charge in [-0.25, -0.2) is 0 Å². The number of piperidine rings is 1. The first-order valence-electron chi connectivity index (χ1n) is 7.00. The minimum atomic E-state index is 0.181. The van der Waals surface area contributed by atoms with Gasteiger partial charge in [0.1, 0.15) is 5.75 Å². The van der Waals surface area contributed by atoms with Crippen LogP contribution in [0.25, 0.3) is 11.4 Å². The van der Waals surface area contributed by atoms with E-state index < -0.39 is 0 Å². The molecule has 1 atom stereocenters. The van der Waals surface area contributed by atoms with Crippen molar-refractivity contribution in [3.63, 3.8) is 0 Å². The summed E-state index contributed by atoms with van der Waals surface area (Å²) in [7, 11) is 1.65. The Balaban J connectivity index is 1.91. The van der Waals surface area contributed by atoms with Crippen LogP contribution >= 0.6 is 0 Å². The topological polar surface area (TPSA) is 60.2 Å². The normalized spacial score (nSPS) is 19.0. The first kappa shape index (κ1) is 13.1. The maximum atomic E-state index is 5.42. The average molecular weight is 273 g/mol. The Morgan fingerprint density at radius 2 is 2.25 bits per heavy atom. The third kappa shape index (κ3) is 2.54. The van der Waals surface area contributed by atoms with E-state index >= 15 is 0 Å². The fourth-order valence-electron chi connectivity index (χ4n) is 2.55. The number of nitrogens with zero attached hydrogens (tertiary/aromatic N) is 2. The molecule has 0 bridgehead atoms. The van der Waals surface area contributed by atoms with Gasteiger partial charge in [0.15, 0.2) is 0 Å². The molecular weight excluding hydrogens is 254 g/mol. The van der Waals surface area contributed by atoms with Crippen molar-refractivity contribution in [3.8, 4) is 17.1 Å². The highest BCUT2D eigenvalue weighted by molar-refractivity contribution is 5.64. The highest BCUT2D eigenvalue weighted by Crippen LogP contribution is 2.30. The number of ether oxygens (including phenoxy) is 1. The standard InChI is InChI=1S/C15H19N3O2/c1-10-6-7-13(19-2)11(9-10)14-17-15(20-18-14)12-5-3-4-8-16-12/h6-7,9,12,16H,3-5,8H2,1-2H3. The van der Waals surface area contributed by atoms with Crippen LogP contribution < -0.4 is 10.1 Å². The van der Waals surface area contributed by atoms with Crippen LogP contribution in [0.1, 0.15) is 36.8 Å². The molecule has 106 valence electrons. The molecule has 0 saturated carbocycles. The smallest absolute Gasteiger partial charge is 0.244 e. The van der Waals surface area contributed by atoms with Gasteiger partial charge >= 0.3 is 0 Å². The second-order valence-corrected chi connectivity index (χ2v) is 5.16. The fraction of sp³-hybridized carbons (Fsp3) is 0.467. The zero-order valence-electron chi connectivity index (χ0n) is 11.8. The average Bonchev–Trinajstić information content (AvgIpc) is 2.98. The number of hydrogen-bond acceptors (Lipinski definition) is 5. The molecule has 20 heavy (non-hydrogen) atoms. The van der Waals surface area contributed by atoms with Gasteiger partial charge in [-0.2, -0.15) is 4.98 Å². The summed E-state index contributed by atoms with van der Waals surface area (Å²) in [5.74, 6) is 2.02. The van der Waals surface area contributed by atoms with Gasteiger partial charge in [0.25, 0.3) is 0 Å². The molecule has 1 aromatic carbocycles. The molecule has 2 aromatic rings. The fourth-order valence-corrected chi connectivity index (χ4v) is 2.55. The van der Waals surface area contributed by atoms with Crippen molar-refractivity contribution in [1.82, 2.24) is 15.5 Å². The van der Waals surface area contributed by atoms with Crippen LogP contribution in [0.5, 0.6) is 5.75 Å². The van der Waals surface area contributed by atoms with Crippen LogP contribution in [0.15, 0.2) is 22.7 Å². The van der Waals surface area contributed by atoms with E-state index in [-0.39, 0.29) is 6.04 Å². The molecule has 0 radical (unpaired) electrons. The Morgan fingerprint density at radius 3 is 3.00 bits per heavy atom. The molecule has 5 nitrogen and oxygen atoms in total. The molecular formula is C15H19N3O2. The number of rotatable bonds is 3. The van der Waals surface area contributed by atoms with Crippen molar-refractivity contribution in [2.45, 2.75) is 32.2 Å². The highest BCUT2D eigenvalue weighted by atomic mass is 16.5. The minimum Gasteiger partial charge on any atom is -0.496 e. The molecule has 0 amide bonds. The van der Waals surface area contributed by atoms with Crippen molar-refractivity contribution < 1.29 is 9.26 Å². The molecule has 0 aliphatic carbocycles. The maximum Gasteiger partial charge on any atom is 0.244 e. The lowest BCUT2D eigenvalue weighted by Gasteiger charge is -2.19. The maximum absolute atomic E-state index is 5.42. The van der Waals surface area contributed by atoms with E-state index in [4.69, 9.17) is 9.26 Å². The molecule has 1 saturated heterocycles. The number of aromatic nitrogens is 2. The highest BCUT2D eigenvalue weighted by Gasteiger charge is 2.22. The summed E-state index contributed by atoms with van der Waals surface area (Å²) in [6.07, 6.45) is 3.46. The monoisotopic (exact) mass is 273 g/mol. The number of aryl methyl sites for hydroxylation is 1. The summed E-state index contributed by atoms with van der Waals surface area (Å²) in [4.78, 5) is 4.53. The SMILES string of the molecule is COc1ccc(C)cc1-c1noc(C2CCCCN2)n1. The van der Waals surface area contributed by atoms with E-state index in [0.717, 1.165) is 29.8 Å². The lowest BCUT2D eigenvalue weighted by Crippen LogP contribution is -2.26. The molecule has 1 unspecified atom stereocenters. The molecule has 0 spiro atoms. The largest absolute Gasteiger partial charge is 0.496 e. The molecule has 3 rings (SSSR count). The quantitative estimate of drug-likeness (QED) is 0.931. The van der Waals surface area contributed by atoms with Gasteiger partial charge < -0.3 is 14.6 Å². The zero-order chi connectivity index (χ0) is 13.9. The van der Waals surface area contributed by atoms with Gasteiger partial charge in [-0.1, -0.05) is 23.2 Å². The zero-order valence-corrected chi connectivity index (χ0v) is 11.8. The summed E-state index contributed by atoms with van der Waals surface area (Å²) in [5, 5.41) is 7.52. The van der Waals surface area contributed by atoms with Crippen LogP contribution in [0.2, 0.25) is 0 Å². The molecule has 1 fully saturated rings. The summed E-state index contributed by atoms with van der Waals surface area (Å²) in [5.41, 5.74) is 2.02. The van der Waals surface area contributed by atoms with Gasteiger partial charge in [-0.3, -0.25) is 0 Å². The number of hydrogen-bond donors (Lipinski definition) is 1. The van der Waals surface area contributed by atoms with Crippen molar-refractivity contribution in [2.24, 2.45) is 0 Å². The van der Waals surface area contributed by atoms with E-state index in [2.05, 4.69) is 15.5 Å². The Labute approximate surface area is 118 Å². The molecule has 2 heterocycles. The Hall–Kier alpha value is -1.88. The summed E-state index contributed by atoms with van der Waals surface area (Å²) in [6.45, 7) is 3.04. The number of nitrogens with one attached hydrogen (secondary N) is 1. The van der Waals surface area contributed by atoms with Crippen LogP contribution in [0.4, 0.5) is 0 Å². The van der Waals surface area contributed by atoms with Gasteiger partial charge in [-0.05, 0) is 38.4 Å². The lowest BCUT2D eigenvalue weighted by molar-refractivity contribution is 0.297. The van der Waals surface area contributed by atoms with E-state index in [9.17, 15) is 0 Å². The predicted octanol–water partition coefficient (Wildman–Crippen LogP) is 2.87. The van der Waals surface area contributed by atoms with Crippen molar-refractivity contribution in [1.29, 1.82) is 0 Å². The van der Waals surface area contributed by atoms with Gasteiger partial charge in [0, 0.05) is 0 Å². The van der Waals surface area contributed by atoms with E-state index in [0.29, 0.717) is 11.7 Å². The van der Waals surface area contributed by atoms with Gasteiger partial charge in [-0.15, -0.1) is 0 Å². The van der Waals surface area contributed by atoms with E-state index in [1.165, 1.54) is 12.8 Å². The van der Waals surface area contributed by atoms with Crippen LogP contribution in [0.3, 0.4) is 0 Å². The third-order valence-corrected chi connectivity index (χ3v) is 3.65. The predicted molar refractivity (Wildman–Crippen MR) is 75.6 cm³/mol. The van der Waals surface area contributed by atoms with Gasteiger partial charge in [0.2, 0.25) is 11.7 Å². The van der Waals surface area contributed by atoms with Crippen molar-refractivity contribution >= 4 is 0 Å². The Bertz CT molecular complexity index is 589. The van der Waals surface area contributed by atoms with Crippen LogP contribution in [0, 0.1) is 6.92 Å². The van der Waals surface area contributed by atoms with Crippen LogP contribution in [-0.2, 0) is 0 Å². The Morgan fingerprint density at radius 1 is 1.35 bits per heavy atom. The summed E-state index contributed by atoms with van der Waals surface area (Å²) < 4.78 is 10.8. The molecule has 1 aliphatic rings. The van der Waals surface area contributed by atoms with Crippen molar-refractivity contribution in [3.05, 3.63) is 29.7 Å². The van der Waals surface area contributed by atoms with Gasteiger partial charge in [0.05, 0.1) is 18.7 Å². The summed E-state index contributed by atoms with van der Waals surface area (Å²) >= 11 is 0. The molecule has 1 aliphatic heterocycles. The van der Waals surface area contributed by atoms with E-state index in [1.807, 2.05) is 25.1 Å². The van der Waals surface area contributed by atoms with E-state index in [1.54, 1.807) is 7.11 Å². The molecule has 5 heteroatoms. The van der Waals surface area contributed by atoms with Crippen LogP contribution in [-0.4, -0.2) is 23.8 Å². The minimum absolute atomic E-state index is 0.181. The second kappa shape index (κ2) is 5.63. The van der Waals surface area contributed by atoms with Crippen molar-refractivity contribution in [2.75, 3.05) is 13.7 Å². The number of methoxy groups -OCH3 is 1. The second-order valence-electron chi connectivity index (χ2n) is 5.16. The first-order valence-corrected chi connectivity index (χ1v) is 7.00.